The molecule has 1 aromatic heterocycles. The fraction of sp³-hybridized carbons (Fsp3) is 0.368. The predicted molar refractivity (Wildman–Crippen MR) is 99.6 cm³/mol. The van der Waals surface area contributed by atoms with Crippen LogP contribution in [0.3, 0.4) is 0 Å². The first-order valence-electron chi connectivity index (χ1n) is 8.50. The SMILES string of the molecule is CN1CC[C@H](NC(=O)CCNC(=O)c2ccsc2)[C@@H]1c1ccccc1. The minimum Gasteiger partial charge on any atom is -0.351 e. The van der Waals surface area contributed by atoms with E-state index in [4.69, 9.17) is 0 Å². The van der Waals surface area contributed by atoms with E-state index in [1.54, 1.807) is 11.4 Å². The number of thiophene rings is 1. The molecule has 1 aliphatic rings. The van der Waals surface area contributed by atoms with E-state index in [0.717, 1.165) is 13.0 Å². The number of likely N-dealkylation sites (tertiary alicyclic amines) is 1. The number of amides is 2. The lowest BCUT2D eigenvalue weighted by Gasteiger charge is -2.26. The molecule has 2 N–H and O–H groups in total. The van der Waals surface area contributed by atoms with Crippen LogP contribution in [0.5, 0.6) is 0 Å². The van der Waals surface area contributed by atoms with E-state index >= 15 is 0 Å². The molecule has 0 aliphatic carbocycles. The molecule has 1 saturated heterocycles. The third kappa shape index (κ3) is 4.46. The van der Waals surface area contributed by atoms with E-state index < -0.39 is 0 Å². The fourth-order valence-electron chi connectivity index (χ4n) is 3.30. The molecule has 0 bridgehead atoms. The maximum atomic E-state index is 12.3. The van der Waals surface area contributed by atoms with Crippen LogP contribution in [0.25, 0.3) is 0 Å². The zero-order valence-electron chi connectivity index (χ0n) is 14.3. The van der Waals surface area contributed by atoms with Gasteiger partial charge in [-0.05, 0) is 30.5 Å². The number of nitrogens with one attached hydrogen (secondary N) is 2. The number of likely N-dealkylation sites (N-methyl/N-ethyl adjacent to an activating group) is 1. The first-order valence-corrected chi connectivity index (χ1v) is 9.44. The molecular weight excluding hydrogens is 334 g/mol. The van der Waals surface area contributed by atoms with E-state index in [1.807, 2.05) is 23.6 Å². The molecule has 5 nitrogen and oxygen atoms in total. The van der Waals surface area contributed by atoms with Crippen molar-refractivity contribution in [1.82, 2.24) is 15.5 Å². The van der Waals surface area contributed by atoms with Crippen LogP contribution in [0, 0.1) is 0 Å². The smallest absolute Gasteiger partial charge is 0.252 e. The van der Waals surface area contributed by atoms with Crippen LogP contribution in [-0.4, -0.2) is 42.9 Å². The van der Waals surface area contributed by atoms with Crippen LogP contribution in [0.15, 0.2) is 47.2 Å². The lowest BCUT2D eigenvalue weighted by Crippen LogP contribution is -2.40. The Balaban J connectivity index is 1.49. The Labute approximate surface area is 152 Å². The van der Waals surface area contributed by atoms with Crippen LogP contribution in [0.1, 0.15) is 34.8 Å². The summed E-state index contributed by atoms with van der Waals surface area (Å²) in [5, 5.41) is 9.59. The van der Waals surface area contributed by atoms with Gasteiger partial charge in [-0.2, -0.15) is 11.3 Å². The van der Waals surface area contributed by atoms with Gasteiger partial charge in [0.1, 0.15) is 0 Å². The maximum Gasteiger partial charge on any atom is 0.252 e. The van der Waals surface area contributed by atoms with Gasteiger partial charge in [-0.1, -0.05) is 30.3 Å². The lowest BCUT2D eigenvalue weighted by molar-refractivity contribution is -0.121. The van der Waals surface area contributed by atoms with Crippen LogP contribution < -0.4 is 10.6 Å². The van der Waals surface area contributed by atoms with Gasteiger partial charge in [-0.3, -0.25) is 14.5 Å². The molecule has 0 spiro atoms. The number of carbonyl (C=O) groups is 2. The molecule has 3 rings (SSSR count). The summed E-state index contributed by atoms with van der Waals surface area (Å²) in [7, 11) is 2.09. The highest BCUT2D eigenvalue weighted by Crippen LogP contribution is 2.30. The average Bonchev–Trinajstić information content (AvgIpc) is 3.26. The molecule has 25 heavy (non-hydrogen) atoms. The molecule has 2 atom stereocenters. The van der Waals surface area contributed by atoms with Crippen molar-refractivity contribution in [3.05, 3.63) is 58.3 Å². The summed E-state index contributed by atoms with van der Waals surface area (Å²) in [6.45, 7) is 1.30. The summed E-state index contributed by atoms with van der Waals surface area (Å²) in [5.74, 6) is -0.149. The van der Waals surface area contributed by atoms with Crippen molar-refractivity contribution in [1.29, 1.82) is 0 Å². The van der Waals surface area contributed by atoms with Crippen molar-refractivity contribution in [2.24, 2.45) is 0 Å². The van der Waals surface area contributed by atoms with Crippen molar-refractivity contribution in [2.75, 3.05) is 20.1 Å². The summed E-state index contributed by atoms with van der Waals surface area (Å²) < 4.78 is 0. The normalized spacial score (nSPS) is 20.4. The third-order valence-electron chi connectivity index (χ3n) is 4.56. The van der Waals surface area contributed by atoms with Crippen molar-refractivity contribution in [3.63, 3.8) is 0 Å². The second kappa shape index (κ2) is 8.27. The average molecular weight is 357 g/mol. The summed E-state index contributed by atoms with van der Waals surface area (Å²) in [6.07, 6.45) is 1.22. The minimum atomic E-state index is -0.128. The van der Waals surface area contributed by atoms with E-state index in [1.165, 1.54) is 16.9 Å². The van der Waals surface area contributed by atoms with Gasteiger partial charge in [0, 0.05) is 36.5 Å². The number of carbonyl (C=O) groups excluding carboxylic acids is 2. The van der Waals surface area contributed by atoms with Crippen LogP contribution >= 0.6 is 11.3 Å². The highest BCUT2D eigenvalue weighted by Gasteiger charge is 2.33. The second-order valence-corrected chi connectivity index (χ2v) is 7.10. The van der Waals surface area contributed by atoms with Gasteiger partial charge in [0.2, 0.25) is 5.91 Å². The first kappa shape index (κ1) is 17.6. The quantitative estimate of drug-likeness (QED) is 0.835. The fourth-order valence-corrected chi connectivity index (χ4v) is 3.94. The second-order valence-electron chi connectivity index (χ2n) is 6.32. The Kier molecular flexibility index (Phi) is 5.83. The van der Waals surface area contributed by atoms with Crippen LogP contribution in [-0.2, 0) is 4.79 Å². The van der Waals surface area contributed by atoms with E-state index in [0.29, 0.717) is 12.1 Å². The molecule has 2 amide bonds. The van der Waals surface area contributed by atoms with Crippen LogP contribution in [0.2, 0.25) is 0 Å². The summed E-state index contributed by atoms with van der Waals surface area (Å²) in [5.41, 5.74) is 1.87. The van der Waals surface area contributed by atoms with Crippen molar-refractivity contribution < 1.29 is 9.59 Å². The predicted octanol–water partition coefficient (Wildman–Crippen LogP) is 2.43. The number of nitrogens with zero attached hydrogens (tertiary/aromatic N) is 1. The van der Waals surface area contributed by atoms with E-state index in [2.05, 4.69) is 34.7 Å². The Morgan fingerprint density at radius 3 is 2.76 bits per heavy atom. The van der Waals surface area contributed by atoms with Gasteiger partial charge in [-0.25, -0.2) is 0 Å². The molecule has 6 heteroatoms. The largest absolute Gasteiger partial charge is 0.351 e. The van der Waals surface area contributed by atoms with E-state index in [9.17, 15) is 9.59 Å². The van der Waals surface area contributed by atoms with Crippen molar-refractivity contribution in [3.8, 4) is 0 Å². The van der Waals surface area contributed by atoms with Gasteiger partial charge in [0.05, 0.1) is 6.04 Å². The van der Waals surface area contributed by atoms with Gasteiger partial charge in [-0.15, -0.1) is 0 Å². The topological polar surface area (TPSA) is 61.4 Å². The van der Waals surface area contributed by atoms with Gasteiger partial charge in [0.25, 0.3) is 5.91 Å². The zero-order chi connectivity index (χ0) is 17.6. The van der Waals surface area contributed by atoms with Gasteiger partial charge < -0.3 is 10.6 Å². The van der Waals surface area contributed by atoms with Crippen molar-refractivity contribution in [2.45, 2.75) is 24.9 Å². The highest BCUT2D eigenvalue weighted by molar-refractivity contribution is 7.08. The Morgan fingerprint density at radius 1 is 1.24 bits per heavy atom. The first-order chi connectivity index (χ1) is 12.1. The molecule has 1 aliphatic heterocycles. The Morgan fingerprint density at radius 2 is 2.04 bits per heavy atom. The molecule has 1 aromatic carbocycles. The standard InChI is InChI=1S/C19H23N3O2S/c1-22-11-8-16(18(22)14-5-3-2-4-6-14)21-17(23)7-10-20-19(24)15-9-12-25-13-15/h2-6,9,12-13,16,18H,7-8,10-11H2,1H3,(H,20,24)(H,21,23)/t16-,18-/m0/s1. The molecule has 0 saturated carbocycles. The number of benzene rings is 1. The van der Waals surface area contributed by atoms with Crippen LogP contribution in [0.4, 0.5) is 0 Å². The lowest BCUT2D eigenvalue weighted by atomic mass is 10.00. The van der Waals surface area contributed by atoms with Crippen molar-refractivity contribution >= 4 is 23.2 Å². The molecule has 2 heterocycles. The zero-order valence-corrected chi connectivity index (χ0v) is 15.1. The number of rotatable bonds is 6. The summed E-state index contributed by atoms with van der Waals surface area (Å²) >= 11 is 1.48. The monoisotopic (exact) mass is 357 g/mol. The molecule has 132 valence electrons. The number of hydrogen-bond acceptors (Lipinski definition) is 4. The minimum absolute atomic E-state index is 0.0214. The molecule has 0 unspecified atom stereocenters. The van der Waals surface area contributed by atoms with Gasteiger partial charge >= 0.3 is 0 Å². The maximum absolute atomic E-state index is 12.3. The molecule has 0 radical (unpaired) electrons. The highest BCUT2D eigenvalue weighted by atomic mass is 32.1. The molecule has 2 aromatic rings. The van der Waals surface area contributed by atoms with E-state index in [-0.39, 0.29) is 30.3 Å². The Bertz CT molecular complexity index is 703. The molecular formula is C19H23N3O2S. The number of hydrogen-bond donors (Lipinski definition) is 2. The summed E-state index contributed by atoms with van der Waals surface area (Å²) in [6, 6.07) is 12.3. The summed E-state index contributed by atoms with van der Waals surface area (Å²) in [4.78, 5) is 26.4. The Hall–Kier alpha value is -2.18. The van der Waals surface area contributed by atoms with Gasteiger partial charge in [0.15, 0.2) is 0 Å². The third-order valence-corrected chi connectivity index (χ3v) is 5.24. The molecule has 1 fully saturated rings.